The van der Waals surface area contributed by atoms with Crippen molar-refractivity contribution in [3.63, 3.8) is 0 Å². The van der Waals surface area contributed by atoms with Crippen molar-refractivity contribution in [3.05, 3.63) is 131 Å². The summed E-state index contributed by atoms with van der Waals surface area (Å²) in [6.45, 7) is 5.62. The molecule has 0 spiro atoms. The molecule has 48 heavy (non-hydrogen) atoms. The quantitative estimate of drug-likeness (QED) is 0.116. The number of carbonyl (C=O) groups excluding carboxylic acids is 1. The lowest BCUT2D eigenvalue weighted by Crippen LogP contribution is -2.39. The second-order valence-electron chi connectivity index (χ2n) is 10.7. The number of allylic oxidation sites excluding steroid dienone is 1. The first kappa shape index (κ1) is 32.1. The van der Waals surface area contributed by atoms with Gasteiger partial charge in [-0.25, -0.2) is 14.5 Å². The van der Waals surface area contributed by atoms with E-state index in [9.17, 15) is 19.7 Å². The third-order valence-corrected chi connectivity index (χ3v) is 8.71. The third-order valence-electron chi connectivity index (χ3n) is 7.73. The molecule has 5 aromatic rings. The molecule has 1 aliphatic rings. The number of hydrogen-bond acceptors (Lipinski definition) is 10. The van der Waals surface area contributed by atoms with Crippen molar-refractivity contribution >= 4 is 29.1 Å². The molecule has 1 atom stereocenters. The molecule has 13 heteroatoms. The lowest BCUT2D eigenvalue weighted by Gasteiger charge is -2.24. The molecule has 3 heterocycles. The highest BCUT2D eigenvalue weighted by Crippen LogP contribution is 2.34. The van der Waals surface area contributed by atoms with Crippen molar-refractivity contribution in [2.75, 3.05) is 20.3 Å². The number of carbonyl (C=O) groups is 1. The van der Waals surface area contributed by atoms with Crippen LogP contribution in [-0.2, 0) is 9.53 Å². The number of nitrogens with zero attached hydrogens (tertiary/aromatic N) is 5. The fraction of sp³-hybridized carbons (Fsp3) is 0.200. The van der Waals surface area contributed by atoms with Crippen LogP contribution in [0.4, 0.5) is 5.69 Å². The number of nitro benzene ring substituents is 1. The Morgan fingerprint density at radius 1 is 1.06 bits per heavy atom. The molecule has 0 saturated carbocycles. The largest absolute Gasteiger partial charge is 0.497 e. The number of thiazole rings is 1. The van der Waals surface area contributed by atoms with Crippen LogP contribution in [0.5, 0.6) is 11.5 Å². The Morgan fingerprint density at radius 3 is 2.48 bits per heavy atom. The van der Waals surface area contributed by atoms with Crippen LogP contribution < -0.4 is 24.4 Å². The Bertz CT molecular complexity index is 2240. The number of rotatable bonds is 10. The zero-order chi connectivity index (χ0) is 33.9. The van der Waals surface area contributed by atoms with E-state index in [0.717, 1.165) is 5.69 Å². The summed E-state index contributed by atoms with van der Waals surface area (Å²) >= 11 is 1.17. The molecular weight excluding hydrogens is 634 g/mol. The van der Waals surface area contributed by atoms with Crippen molar-refractivity contribution in [1.82, 2.24) is 14.3 Å². The smallest absolute Gasteiger partial charge is 0.338 e. The minimum absolute atomic E-state index is 0.148. The first-order valence-corrected chi connectivity index (χ1v) is 16.0. The number of benzene rings is 3. The average molecular weight is 666 g/mol. The average Bonchev–Trinajstić information content (AvgIpc) is 3.65. The van der Waals surface area contributed by atoms with Gasteiger partial charge in [0.25, 0.3) is 5.56 Å². The Labute approximate surface area is 278 Å². The van der Waals surface area contributed by atoms with Gasteiger partial charge >= 0.3 is 11.7 Å². The van der Waals surface area contributed by atoms with E-state index in [0.29, 0.717) is 43.2 Å². The van der Waals surface area contributed by atoms with Gasteiger partial charge in [0.15, 0.2) is 10.6 Å². The van der Waals surface area contributed by atoms with E-state index >= 15 is 0 Å². The minimum atomic E-state index is -0.798. The Balaban J connectivity index is 1.56. The van der Waals surface area contributed by atoms with Crippen LogP contribution in [0.1, 0.15) is 37.9 Å². The van der Waals surface area contributed by atoms with Gasteiger partial charge in [0.2, 0.25) is 0 Å². The molecule has 0 unspecified atom stereocenters. The first-order chi connectivity index (χ1) is 23.2. The molecule has 0 aliphatic carbocycles. The van der Waals surface area contributed by atoms with E-state index in [1.54, 1.807) is 81.2 Å². The lowest BCUT2D eigenvalue weighted by molar-refractivity contribution is -0.385. The van der Waals surface area contributed by atoms with Gasteiger partial charge in [-0.1, -0.05) is 41.7 Å². The molecule has 3 aromatic carbocycles. The molecule has 2 aromatic heterocycles. The fourth-order valence-electron chi connectivity index (χ4n) is 5.55. The maximum Gasteiger partial charge on any atom is 0.338 e. The topological polar surface area (TPSA) is 140 Å². The third kappa shape index (κ3) is 6.02. The van der Waals surface area contributed by atoms with Crippen molar-refractivity contribution in [3.8, 4) is 28.4 Å². The van der Waals surface area contributed by atoms with E-state index in [4.69, 9.17) is 19.3 Å². The summed E-state index contributed by atoms with van der Waals surface area (Å²) in [4.78, 5) is 44.1. The van der Waals surface area contributed by atoms with Crippen molar-refractivity contribution in [2.45, 2.75) is 26.8 Å². The molecule has 0 bridgehead atoms. The predicted octanol–water partition coefficient (Wildman–Crippen LogP) is 4.97. The van der Waals surface area contributed by atoms with E-state index in [1.807, 2.05) is 30.3 Å². The fourth-order valence-corrected chi connectivity index (χ4v) is 6.59. The van der Waals surface area contributed by atoms with Crippen molar-refractivity contribution in [2.24, 2.45) is 4.99 Å². The number of esters is 1. The summed E-state index contributed by atoms with van der Waals surface area (Å²) in [6.07, 6.45) is 3.46. The zero-order valence-electron chi connectivity index (χ0n) is 26.6. The zero-order valence-corrected chi connectivity index (χ0v) is 27.4. The van der Waals surface area contributed by atoms with E-state index < -0.39 is 16.9 Å². The summed E-state index contributed by atoms with van der Waals surface area (Å²) in [5, 5.41) is 16.8. The van der Waals surface area contributed by atoms with Crippen LogP contribution in [0, 0.1) is 10.1 Å². The Morgan fingerprint density at radius 2 is 1.81 bits per heavy atom. The standard InChI is InChI=1S/C35H31N5O7S/c1-5-46-28-17-14-23(18-27(28)40(43)44)31-24(20-38(37-31)25-10-8-7-9-11-25)19-29-33(41)39-32(22-12-15-26(45-4)16-13-22)30(34(42)47-6-2)21(3)36-35(39)48-29/h7-20,32H,5-6H2,1-4H3/b29-19+/t32-/m1/s1. The summed E-state index contributed by atoms with van der Waals surface area (Å²) in [5.74, 6) is 0.217. The number of fused-ring (bicyclic) bond motifs is 1. The van der Waals surface area contributed by atoms with Gasteiger partial charge in [0.1, 0.15) is 11.4 Å². The number of aromatic nitrogens is 3. The number of methoxy groups -OCH3 is 1. The maximum atomic E-state index is 14.3. The van der Waals surface area contributed by atoms with Gasteiger partial charge in [-0.2, -0.15) is 5.10 Å². The normalized spacial score (nSPS) is 14.3. The summed E-state index contributed by atoms with van der Waals surface area (Å²) in [5.41, 5.74) is 3.02. The van der Waals surface area contributed by atoms with E-state index in [2.05, 4.69) is 4.99 Å². The molecule has 1 aliphatic heterocycles. The number of hydrogen-bond donors (Lipinski definition) is 0. The van der Waals surface area contributed by atoms with Gasteiger partial charge in [0, 0.05) is 23.4 Å². The van der Waals surface area contributed by atoms with E-state index in [-0.39, 0.29) is 35.8 Å². The number of ether oxygens (including phenoxy) is 3. The molecule has 0 fully saturated rings. The number of nitro groups is 1. The summed E-state index contributed by atoms with van der Waals surface area (Å²) < 4.78 is 19.7. The second-order valence-corrected chi connectivity index (χ2v) is 11.7. The highest BCUT2D eigenvalue weighted by Gasteiger charge is 2.33. The number of para-hydroxylation sites is 1. The van der Waals surface area contributed by atoms with E-state index in [1.165, 1.54) is 22.0 Å². The maximum absolute atomic E-state index is 14.3. The molecule has 6 rings (SSSR count). The molecule has 0 N–H and O–H groups in total. The highest BCUT2D eigenvalue weighted by atomic mass is 32.1. The SMILES string of the molecule is CCOC(=O)C1=C(C)N=c2s/c(=C/c3cn(-c4ccccc4)nc3-c3ccc(OCC)c([N+](=O)[O-])c3)c(=O)n2[C@@H]1c1ccc(OC)cc1. The van der Waals surface area contributed by atoms with Crippen LogP contribution >= 0.6 is 11.3 Å². The van der Waals surface area contributed by atoms with Crippen LogP contribution in [0.2, 0.25) is 0 Å². The molecule has 0 radical (unpaired) electrons. The highest BCUT2D eigenvalue weighted by molar-refractivity contribution is 7.07. The van der Waals surface area contributed by atoms with Crippen LogP contribution in [0.25, 0.3) is 23.0 Å². The van der Waals surface area contributed by atoms with Crippen molar-refractivity contribution < 1.29 is 23.9 Å². The minimum Gasteiger partial charge on any atom is -0.497 e. The first-order valence-electron chi connectivity index (χ1n) is 15.1. The van der Waals surface area contributed by atoms with Gasteiger partial charge in [-0.3, -0.25) is 19.5 Å². The predicted molar refractivity (Wildman–Crippen MR) is 180 cm³/mol. The van der Waals surface area contributed by atoms with Gasteiger partial charge in [-0.15, -0.1) is 0 Å². The monoisotopic (exact) mass is 665 g/mol. The van der Waals surface area contributed by atoms with Crippen LogP contribution in [0.15, 0.2) is 100 Å². The Kier molecular flexibility index (Phi) is 9.04. The molecule has 0 amide bonds. The lowest BCUT2D eigenvalue weighted by atomic mass is 9.96. The van der Waals surface area contributed by atoms with Crippen LogP contribution in [0.3, 0.4) is 0 Å². The second kappa shape index (κ2) is 13.5. The molecule has 244 valence electrons. The Hall–Kier alpha value is -5.82. The van der Waals surface area contributed by atoms with Crippen LogP contribution in [-0.4, -0.2) is 45.6 Å². The summed E-state index contributed by atoms with van der Waals surface area (Å²) in [6, 6.07) is 20.4. The van der Waals surface area contributed by atoms with Gasteiger partial charge in [-0.05, 0) is 68.8 Å². The molecule has 12 nitrogen and oxygen atoms in total. The molecule has 0 saturated heterocycles. The van der Waals surface area contributed by atoms with Gasteiger partial charge < -0.3 is 14.2 Å². The van der Waals surface area contributed by atoms with Gasteiger partial charge in [0.05, 0.1) is 52.8 Å². The summed E-state index contributed by atoms with van der Waals surface area (Å²) in [7, 11) is 1.56. The van der Waals surface area contributed by atoms with Crippen molar-refractivity contribution in [1.29, 1.82) is 0 Å². The molecular formula is C35H31N5O7S.